The van der Waals surface area contributed by atoms with Gasteiger partial charge >= 0.3 is 0 Å². The van der Waals surface area contributed by atoms with Crippen molar-refractivity contribution in [3.8, 4) is 0 Å². The average Bonchev–Trinajstić information content (AvgIpc) is 2.82. The molecule has 4 rings (SSSR count). The molecule has 2 amide bonds. The zero-order valence-corrected chi connectivity index (χ0v) is 20.2. The molecule has 1 saturated carbocycles. The highest BCUT2D eigenvalue weighted by Gasteiger charge is 2.29. The van der Waals surface area contributed by atoms with Gasteiger partial charge in [-0.25, -0.2) is 4.39 Å². The molecule has 8 heteroatoms. The quantitative estimate of drug-likeness (QED) is 0.501. The number of carbonyl (C=O) groups is 2. The van der Waals surface area contributed by atoms with Gasteiger partial charge in [0.15, 0.2) is 0 Å². The molecular weight excluding hydrogens is 435 g/mol. The molecule has 188 valence electrons. The molecule has 7 nitrogen and oxygen atoms in total. The van der Waals surface area contributed by atoms with E-state index in [2.05, 4.69) is 15.5 Å². The maximum atomic E-state index is 14.8. The number of likely N-dealkylation sites (tertiary alicyclic amines) is 1. The molecular formula is C26H39FN4O3. The van der Waals surface area contributed by atoms with E-state index in [4.69, 9.17) is 10.5 Å². The highest BCUT2D eigenvalue weighted by atomic mass is 19.1. The van der Waals surface area contributed by atoms with E-state index in [1.807, 2.05) is 13.0 Å². The number of nitrogens with one attached hydrogen (secondary N) is 2. The highest BCUT2D eigenvalue weighted by Crippen LogP contribution is 2.33. The van der Waals surface area contributed by atoms with Crippen LogP contribution in [0, 0.1) is 11.7 Å². The lowest BCUT2D eigenvalue weighted by molar-refractivity contribution is -0.133. The van der Waals surface area contributed by atoms with Crippen LogP contribution in [0.25, 0.3) is 0 Å². The van der Waals surface area contributed by atoms with Gasteiger partial charge < -0.3 is 20.7 Å². The first kappa shape index (κ1) is 25.1. The van der Waals surface area contributed by atoms with Crippen molar-refractivity contribution in [2.24, 2.45) is 11.7 Å². The van der Waals surface area contributed by atoms with Crippen LogP contribution in [-0.2, 0) is 14.3 Å². The number of ether oxygens (including phenoxy) is 1. The summed E-state index contributed by atoms with van der Waals surface area (Å²) in [6, 6.07) is 4.84. The zero-order chi connectivity index (χ0) is 24.1. The van der Waals surface area contributed by atoms with Crippen molar-refractivity contribution in [2.75, 3.05) is 31.6 Å². The number of nitrogens with two attached hydrogens (primary N) is 1. The minimum Gasteiger partial charge on any atom is -0.377 e. The summed E-state index contributed by atoms with van der Waals surface area (Å²) in [5.41, 5.74) is 7.14. The summed E-state index contributed by atoms with van der Waals surface area (Å²) in [7, 11) is 0. The van der Waals surface area contributed by atoms with E-state index in [1.54, 1.807) is 12.1 Å². The fourth-order valence-electron chi connectivity index (χ4n) is 5.50. The zero-order valence-electron chi connectivity index (χ0n) is 20.2. The third kappa shape index (κ3) is 6.77. The maximum absolute atomic E-state index is 14.8. The van der Waals surface area contributed by atoms with E-state index >= 15 is 0 Å². The minimum absolute atomic E-state index is 0.102. The number of carbonyl (C=O) groups excluding carboxylic acids is 2. The average molecular weight is 475 g/mol. The standard InChI is InChI=1S/C26H39FN4O3/c1-17(28)16-34-21-5-2-18(3-6-21)15-31-12-10-19(11-13-31)20-4-7-23(22(27)14-20)29-24-8-9-25(32)30-26(24)33/h4,7,14,17-19,21,24,29H,2-3,5-6,8-13,15-16,28H2,1H3,(H,30,32,33). The van der Waals surface area contributed by atoms with Gasteiger partial charge in [-0.2, -0.15) is 0 Å². The van der Waals surface area contributed by atoms with Crippen molar-refractivity contribution < 1.29 is 18.7 Å². The molecule has 3 aliphatic rings. The smallest absolute Gasteiger partial charge is 0.249 e. The molecule has 1 aliphatic carbocycles. The summed E-state index contributed by atoms with van der Waals surface area (Å²) in [6.45, 7) is 5.87. The maximum Gasteiger partial charge on any atom is 0.249 e. The predicted octanol–water partition coefficient (Wildman–Crippen LogP) is 3.14. The van der Waals surface area contributed by atoms with Gasteiger partial charge in [0.05, 0.1) is 18.4 Å². The van der Waals surface area contributed by atoms with Crippen LogP contribution >= 0.6 is 0 Å². The highest BCUT2D eigenvalue weighted by molar-refractivity contribution is 6.01. The van der Waals surface area contributed by atoms with Crippen molar-refractivity contribution in [3.63, 3.8) is 0 Å². The van der Waals surface area contributed by atoms with Crippen LogP contribution in [0.1, 0.15) is 69.8 Å². The van der Waals surface area contributed by atoms with Crippen LogP contribution in [0.15, 0.2) is 18.2 Å². The van der Waals surface area contributed by atoms with Gasteiger partial charge in [0.2, 0.25) is 11.8 Å². The number of hydrogen-bond acceptors (Lipinski definition) is 6. The molecule has 2 saturated heterocycles. The molecule has 0 spiro atoms. The van der Waals surface area contributed by atoms with Crippen molar-refractivity contribution in [1.82, 2.24) is 10.2 Å². The molecule has 2 heterocycles. The summed E-state index contributed by atoms with van der Waals surface area (Å²) in [6.07, 6.45) is 7.79. The van der Waals surface area contributed by atoms with Gasteiger partial charge in [-0.1, -0.05) is 6.07 Å². The van der Waals surface area contributed by atoms with Crippen molar-refractivity contribution in [3.05, 3.63) is 29.6 Å². The summed E-state index contributed by atoms with van der Waals surface area (Å²) in [5, 5.41) is 5.25. The monoisotopic (exact) mass is 474 g/mol. The van der Waals surface area contributed by atoms with Gasteiger partial charge in [-0.05, 0) is 94.5 Å². The van der Waals surface area contributed by atoms with E-state index in [0.29, 0.717) is 30.7 Å². The molecule has 1 aromatic carbocycles. The van der Waals surface area contributed by atoms with Crippen LogP contribution in [0.4, 0.5) is 10.1 Å². The Morgan fingerprint density at radius 1 is 1.15 bits per heavy atom. The Morgan fingerprint density at radius 3 is 2.53 bits per heavy atom. The Balaban J connectivity index is 1.21. The van der Waals surface area contributed by atoms with Crippen LogP contribution in [-0.4, -0.2) is 61.1 Å². The van der Waals surface area contributed by atoms with Gasteiger partial charge in [-0.15, -0.1) is 0 Å². The SMILES string of the molecule is CC(N)COC1CCC(CN2CCC(c3ccc(NC4CCC(=O)NC4=O)c(F)c3)CC2)CC1. The summed E-state index contributed by atoms with van der Waals surface area (Å²) >= 11 is 0. The van der Waals surface area contributed by atoms with Crippen molar-refractivity contribution in [2.45, 2.75) is 82.4 Å². The minimum atomic E-state index is -0.577. The Labute approximate surface area is 202 Å². The first-order chi connectivity index (χ1) is 16.4. The van der Waals surface area contributed by atoms with E-state index in [9.17, 15) is 14.0 Å². The fourth-order valence-corrected chi connectivity index (χ4v) is 5.50. The summed E-state index contributed by atoms with van der Waals surface area (Å²) < 4.78 is 20.7. The lowest BCUT2D eigenvalue weighted by atomic mass is 9.85. The van der Waals surface area contributed by atoms with Crippen molar-refractivity contribution >= 4 is 17.5 Å². The Hall–Kier alpha value is -2.03. The number of halogens is 1. The molecule has 0 radical (unpaired) electrons. The van der Waals surface area contributed by atoms with E-state index in [0.717, 1.165) is 56.8 Å². The third-order valence-electron chi connectivity index (χ3n) is 7.53. The number of imide groups is 1. The third-order valence-corrected chi connectivity index (χ3v) is 7.53. The second-order valence-corrected chi connectivity index (χ2v) is 10.4. The van der Waals surface area contributed by atoms with Crippen LogP contribution in [0.5, 0.6) is 0 Å². The molecule has 2 atom stereocenters. The molecule has 2 unspecified atom stereocenters. The number of hydrogen-bond donors (Lipinski definition) is 3. The predicted molar refractivity (Wildman–Crippen MR) is 130 cm³/mol. The molecule has 3 fully saturated rings. The number of anilines is 1. The Bertz CT molecular complexity index is 848. The van der Waals surface area contributed by atoms with E-state index in [-0.39, 0.29) is 24.2 Å². The van der Waals surface area contributed by atoms with Crippen LogP contribution in [0.2, 0.25) is 0 Å². The van der Waals surface area contributed by atoms with Gasteiger partial charge in [0, 0.05) is 19.0 Å². The second kappa shape index (κ2) is 11.6. The normalized spacial score (nSPS) is 27.9. The summed E-state index contributed by atoms with van der Waals surface area (Å²) in [5.74, 6) is 0.0922. The number of rotatable bonds is 8. The topological polar surface area (TPSA) is 96.7 Å². The second-order valence-electron chi connectivity index (χ2n) is 10.4. The molecule has 2 aliphatic heterocycles. The lowest BCUT2D eigenvalue weighted by Crippen LogP contribution is -2.47. The summed E-state index contributed by atoms with van der Waals surface area (Å²) in [4.78, 5) is 25.8. The van der Waals surface area contributed by atoms with Gasteiger partial charge in [0.25, 0.3) is 0 Å². The number of nitrogens with zero attached hydrogens (tertiary/aromatic N) is 1. The van der Waals surface area contributed by atoms with Crippen LogP contribution in [0.3, 0.4) is 0 Å². The van der Waals surface area contributed by atoms with Gasteiger partial charge in [0.1, 0.15) is 11.9 Å². The Kier molecular flexibility index (Phi) is 8.55. The first-order valence-electron chi connectivity index (χ1n) is 12.9. The fraction of sp³-hybridized carbons (Fsp3) is 0.692. The lowest BCUT2D eigenvalue weighted by Gasteiger charge is -2.37. The molecule has 0 bridgehead atoms. The first-order valence-corrected chi connectivity index (χ1v) is 12.9. The largest absolute Gasteiger partial charge is 0.377 e. The Morgan fingerprint density at radius 2 is 1.88 bits per heavy atom. The van der Waals surface area contributed by atoms with Crippen LogP contribution < -0.4 is 16.4 Å². The van der Waals surface area contributed by atoms with E-state index in [1.165, 1.54) is 12.8 Å². The molecule has 0 aromatic heterocycles. The number of piperidine rings is 2. The van der Waals surface area contributed by atoms with E-state index < -0.39 is 11.9 Å². The molecule has 1 aromatic rings. The molecule has 4 N–H and O–H groups in total. The number of benzene rings is 1. The van der Waals surface area contributed by atoms with Gasteiger partial charge in [-0.3, -0.25) is 14.9 Å². The van der Waals surface area contributed by atoms with Crippen molar-refractivity contribution in [1.29, 1.82) is 0 Å². The number of amides is 2. The molecule has 34 heavy (non-hydrogen) atoms.